The Bertz CT molecular complexity index is 693. The van der Waals surface area contributed by atoms with Crippen molar-refractivity contribution in [1.82, 2.24) is 10.6 Å². The molecule has 1 fully saturated rings. The molecule has 1 aromatic rings. The van der Waals surface area contributed by atoms with E-state index in [9.17, 15) is 4.79 Å². The Morgan fingerprint density at radius 1 is 1.54 bits per heavy atom. The van der Waals surface area contributed by atoms with Gasteiger partial charge in [-0.1, -0.05) is 24.8 Å². The molecule has 0 aromatic heterocycles. The van der Waals surface area contributed by atoms with E-state index in [1.165, 1.54) is 6.08 Å². The van der Waals surface area contributed by atoms with E-state index in [4.69, 9.17) is 26.4 Å². The Kier molecular flexibility index (Phi) is 4.36. The van der Waals surface area contributed by atoms with Crippen LogP contribution in [0, 0.1) is 5.92 Å². The van der Waals surface area contributed by atoms with Crippen molar-refractivity contribution in [3.63, 3.8) is 0 Å². The van der Waals surface area contributed by atoms with Crippen LogP contribution in [0.5, 0.6) is 11.5 Å². The maximum Gasteiger partial charge on any atom is 0.317 e. The molecular formula is C17H20N2O4S. The highest BCUT2D eigenvalue weighted by Crippen LogP contribution is 2.48. The second kappa shape index (κ2) is 6.32. The summed E-state index contributed by atoms with van der Waals surface area (Å²) in [6, 6.07) is 5.26. The van der Waals surface area contributed by atoms with E-state index in [0.717, 1.165) is 5.56 Å². The molecule has 3 atom stereocenters. The lowest BCUT2D eigenvalue weighted by Crippen LogP contribution is -2.70. The number of hydrogen-bond acceptors (Lipinski definition) is 5. The van der Waals surface area contributed by atoms with Gasteiger partial charge in [0.25, 0.3) is 0 Å². The molecule has 128 valence electrons. The first kappa shape index (κ1) is 16.6. The van der Waals surface area contributed by atoms with Crippen molar-refractivity contribution in [3.05, 3.63) is 36.4 Å². The van der Waals surface area contributed by atoms with Crippen LogP contribution in [-0.4, -0.2) is 30.0 Å². The molecule has 24 heavy (non-hydrogen) atoms. The molecule has 7 heteroatoms. The average Bonchev–Trinajstić information content (AvgIpc) is 2.52. The largest absolute Gasteiger partial charge is 0.490 e. The molecule has 0 radical (unpaired) electrons. The van der Waals surface area contributed by atoms with E-state index >= 15 is 0 Å². The third-order valence-electron chi connectivity index (χ3n) is 4.13. The molecule has 2 aliphatic heterocycles. The van der Waals surface area contributed by atoms with Crippen LogP contribution < -0.4 is 20.1 Å². The van der Waals surface area contributed by atoms with Gasteiger partial charge in [-0.3, -0.25) is 4.79 Å². The predicted octanol–water partition coefficient (Wildman–Crippen LogP) is 2.06. The van der Waals surface area contributed by atoms with Crippen LogP contribution in [0.3, 0.4) is 0 Å². The van der Waals surface area contributed by atoms with Crippen LogP contribution in [0.1, 0.15) is 25.5 Å². The SMILES string of the molecule is C=CCOC(=O)[C@@H]1[C@H]2NC(=S)N[C@@]1(C)Oc1c(OCC)cccc12. The molecule has 6 nitrogen and oxygen atoms in total. The molecule has 2 aliphatic rings. The molecule has 0 aliphatic carbocycles. The van der Waals surface area contributed by atoms with Gasteiger partial charge in [-0.15, -0.1) is 0 Å². The fourth-order valence-corrected chi connectivity index (χ4v) is 3.52. The minimum Gasteiger partial charge on any atom is -0.490 e. The average molecular weight is 348 g/mol. The van der Waals surface area contributed by atoms with Crippen molar-refractivity contribution in [1.29, 1.82) is 0 Å². The summed E-state index contributed by atoms with van der Waals surface area (Å²) in [4.78, 5) is 12.6. The first-order chi connectivity index (χ1) is 11.5. The van der Waals surface area contributed by atoms with Gasteiger partial charge in [0.1, 0.15) is 12.5 Å². The monoisotopic (exact) mass is 348 g/mol. The van der Waals surface area contributed by atoms with Crippen LogP contribution in [0.15, 0.2) is 30.9 Å². The van der Waals surface area contributed by atoms with Crippen molar-refractivity contribution in [3.8, 4) is 11.5 Å². The van der Waals surface area contributed by atoms with E-state index in [1.807, 2.05) is 25.1 Å². The number of fused-ring (bicyclic) bond motifs is 4. The van der Waals surface area contributed by atoms with Gasteiger partial charge in [-0.25, -0.2) is 0 Å². The number of benzene rings is 1. The molecule has 1 aromatic carbocycles. The second-order valence-electron chi connectivity index (χ2n) is 5.79. The normalized spacial score (nSPS) is 27.0. The molecule has 0 amide bonds. The van der Waals surface area contributed by atoms with Gasteiger partial charge in [0.05, 0.1) is 12.6 Å². The Morgan fingerprint density at radius 3 is 3.04 bits per heavy atom. The zero-order chi connectivity index (χ0) is 17.3. The molecule has 0 unspecified atom stereocenters. The summed E-state index contributed by atoms with van der Waals surface area (Å²) in [5, 5.41) is 6.65. The van der Waals surface area contributed by atoms with Crippen LogP contribution in [0.4, 0.5) is 0 Å². The number of thiocarbonyl (C=S) groups is 1. The zero-order valence-corrected chi connectivity index (χ0v) is 14.4. The highest BCUT2D eigenvalue weighted by atomic mass is 32.1. The van der Waals surface area contributed by atoms with E-state index in [2.05, 4.69) is 17.2 Å². The highest BCUT2D eigenvalue weighted by molar-refractivity contribution is 7.80. The van der Waals surface area contributed by atoms with Crippen molar-refractivity contribution in [2.45, 2.75) is 25.6 Å². The van der Waals surface area contributed by atoms with Gasteiger partial charge >= 0.3 is 5.97 Å². The predicted molar refractivity (Wildman–Crippen MR) is 92.9 cm³/mol. The summed E-state index contributed by atoms with van der Waals surface area (Å²) in [6.45, 7) is 7.94. The number of carbonyl (C=O) groups excluding carboxylic acids is 1. The summed E-state index contributed by atoms with van der Waals surface area (Å²) in [5.74, 6) is 0.272. The number of rotatable bonds is 5. The van der Waals surface area contributed by atoms with E-state index in [0.29, 0.717) is 23.2 Å². The van der Waals surface area contributed by atoms with Crippen LogP contribution in [-0.2, 0) is 9.53 Å². The van der Waals surface area contributed by atoms with E-state index < -0.39 is 11.6 Å². The lowest BCUT2D eigenvalue weighted by molar-refractivity contribution is -0.161. The summed E-state index contributed by atoms with van der Waals surface area (Å²) < 4.78 is 17.1. The smallest absolute Gasteiger partial charge is 0.317 e. The Hall–Kier alpha value is -2.28. The molecule has 2 N–H and O–H groups in total. The van der Waals surface area contributed by atoms with E-state index in [-0.39, 0.29) is 18.6 Å². The van der Waals surface area contributed by atoms with Crippen LogP contribution in [0.2, 0.25) is 0 Å². The number of para-hydroxylation sites is 1. The third kappa shape index (κ3) is 2.69. The molecule has 0 saturated carbocycles. The zero-order valence-electron chi connectivity index (χ0n) is 13.6. The van der Waals surface area contributed by atoms with Gasteiger partial charge in [-0.05, 0) is 32.1 Å². The molecule has 2 bridgehead atoms. The van der Waals surface area contributed by atoms with Crippen LogP contribution >= 0.6 is 12.2 Å². The third-order valence-corrected chi connectivity index (χ3v) is 4.35. The molecule has 1 saturated heterocycles. The Morgan fingerprint density at radius 2 is 2.33 bits per heavy atom. The van der Waals surface area contributed by atoms with Gasteiger partial charge in [0.15, 0.2) is 22.3 Å². The van der Waals surface area contributed by atoms with Gasteiger partial charge in [0, 0.05) is 5.56 Å². The number of hydrogen-bond donors (Lipinski definition) is 2. The summed E-state index contributed by atoms with van der Waals surface area (Å²) >= 11 is 5.27. The van der Waals surface area contributed by atoms with Gasteiger partial charge in [0.2, 0.25) is 0 Å². The van der Waals surface area contributed by atoms with Crippen LogP contribution in [0.25, 0.3) is 0 Å². The Balaban J connectivity index is 2.06. The fraction of sp³-hybridized carbons (Fsp3) is 0.412. The number of ether oxygens (including phenoxy) is 3. The maximum atomic E-state index is 12.6. The summed E-state index contributed by atoms with van der Waals surface area (Å²) in [5.41, 5.74) is -0.200. The fourth-order valence-electron chi connectivity index (χ4n) is 3.19. The van der Waals surface area contributed by atoms with E-state index in [1.54, 1.807) is 6.92 Å². The maximum absolute atomic E-state index is 12.6. The van der Waals surface area contributed by atoms with Gasteiger partial charge in [-0.2, -0.15) is 0 Å². The molecular weight excluding hydrogens is 328 g/mol. The number of esters is 1. The van der Waals surface area contributed by atoms with Crippen molar-refractivity contribution < 1.29 is 19.0 Å². The van der Waals surface area contributed by atoms with Crippen molar-refractivity contribution >= 4 is 23.3 Å². The molecule has 3 rings (SSSR count). The number of nitrogens with one attached hydrogen (secondary N) is 2. The minimum absolute atomic E-state index is 0.147. The van der Waals surface area contributed by atoms with Crippen molar-refractivity contribution in [2.75, 3.05) is 13.2 Å². The summed E-state index contributed by atoms with van der Waals surface area (Å²) in [6.07, 6.45) is 1.53. The van der Waals surface area contributed by atoms with Gasteiger partial charge < -0.3 is 24.8 Å². The Labute approximate surface area is 146 Å². The topological polar surface area (TPSA) is 68.8 Å². The quantitative estimate of drug-likeness (QED) is 0.479. The highest BCUT2D eigenvalue weighted by Gasteiger charge is 2.56. The summed E-state index contributed by atoms with van der Waals surface area (Å²) in [7, 11) is 0. The molecule has 2 heterocycles. The lowest BCUT2D eigenvalue weighted by atomic mass is 9.80. The standard InChI is InChI=1S/C17H20N2O4S/c1-4-9-22-15(20)12-13-10-7-6-8-11(21-5-2)14(10)23-17(12,3)19-16(24)18-13/h4,6-8,12-13H,1,5,9H2,2-3H3,(H2,18,19,24)/t12-,13-,17-/m0/s1. The second-order valence-corrected chi connectivity index (χ2v) is 6.20. The lowest BCUT2D eigenvalue weighted by Gasteiger charge is -2.50. The minimum atomic E-state index is -1.02. The first-order valence-corrected chi connectivity index (χ1v) is 8.22. The number of carbonyl (C=O) groups is 1. The van der Waals surface area contributed by atoms with Crippen molar-refractivity contribution in [2.24, 2.45) is 5.92 Å². The first-order valence-electron chi connectivity index (χ1n) is 7.81. The molecule has 0 spiro atoms.